The van der Waals surface area contributed by atoms with E-state index < -0.39 is 0 Å². The molecule has 138 valence electrons. The standard InChI is InChI=1S/C19H27N7/c1-16-15-18(25-9-7-23(2)8-10-25)22-19(21-16)26-13-11-24(12-14-26)17-5-3-4-6-20-17/h3-6,15H,7-14H2,1-2H3. The van der Waals surface area contributed by atoms with Crippen LogP contribution in [0.1, 0.15) is 5.69 Å². The molecule has 4 heterocycles. The average molecular weight is 353 g/mol. The van der Waals surface area contributed by atoms with Gasteiger partial charge in [-0.3, -0.25) is 0 Å². The molecule has 4 rings (SSSR count). The molecule has 0 saturated carbocycles. The molecule has 2 fully saturated rings. The van der Waals surface area contributed by atoms with Gasteiger partial charge in [0.05, 0.1) is 0 Å². The van der Waals surface area contributed by atoms with Gasteiger partial charge in [-0.15, -0.1) is 0 Å². The van der Waals surface area contributed by atoms with Crippen molar-refractivity contribution in [3.8, 4) is 0 Å². The molecule has 2 aliphatic rings. The first-order chi connectivity index (χ1) is 12.7. The lowest BCUT2D eigenvalue weighted by atomic mass is 10.3. The van der Waals surface area contributed by atoms with E-state index in [1.807, 2.05) is 18.3 Å². The summed E-state index contributed by atoms with van der Waals surface area (Å²) >= 11 is 0. The molecule has 2 aliphatic heterocycles. The third kappa shape index (κ3) is 3.72. The summed E-state index contributed by atoms with van der Waals surface area (Å²) in [5, 5.41) is 0. The van der Waals surface area contributed by atoms with Crippen molar-refractivity contribution in [2.45, 2.75) is 6.92 Å². The second-order valence-electron chi connectivity index (χ2n) is 7.12. The van der Waals surface area contributed by atoms with Gasteiger partial charge in [0.15, 0.2) is 0 Å². The summed E-state index contributed by atoms with van der Waals surface area (Å²) in [6, 6.07) is 8.18. The number of likely N-dealkylation sites (N-methyl/N-ethyl adjacent to an activating group) is 1. The van der Waals surface area contributed by atoms with Crippen LogP contribution in [0.2, 0.25) is 0 Å². The minimum atomic E-state index is 0.861. The van der Waals surface area contributed by atoms with Crippen LogP contribution in [0.5, 0.6) is 0 Å². The highest BCUT2D eigenvalue weighted by Crippen LogP contribution is 2.21. The molecule has 0 N–H and O–H groups in total. The van der Waals surface area contributed by atoms with Crippen LogP contribution in [-0.2, 0) is 0 Å². The van der Waals surface area contributed by atoms with E-state index in [0.717, 1.165) is 75.6 Å². The lowest BCUT2D eigenvalue weighted by Crippen LogP contribution is -2.48. The van der Waals surface area contributed by atoms with E-state index >= 15 is 0 Å². The summed E-state index contributed by atoms with van der Waals surface area (Å²) in [7, 11) is 2.18. The fraction of sp³-hybridized carbons (Fsp3) is 0.526. The van der Waals surface area contributed by atoms with Crippen LogP contribution in [0, 0.1) is 6.92 Å². The van der Waals surface area contributed by atoms with Crippen LogP contribution in [0.15, 0.2) is 30.5 Å². The molecule has 0 amide bonds. The molecule has 2 aromatic rings. The normalized spacial score (nSPS) is 19.1. The zero-order valence-electron chi connectivity index (χ0n) is 15.7. The average Bonchev–Trinajstić information content (AvgIpc) is 2.69. The zero-order chi connectivity index (χ0) is 17.9. The first kappa shape index (κ1) is 17.0. The predicted molar refractivity (Wildman–Crippen MR) is 105 cm³/mol. The molecule has 7 heteroatoms. The van der Waals surface area contributed by atoms with Crippen molar-refractivity contribution >= 4 is 17.6 Å². The van der Waals surface area contributed by atoms with Crippen molar-refractivity contribution in [1.29, 1.82) is 0 Å². The zero-order valence-corrected chi connectivity index (χ0v) is 15.7. The summed E-state index contributed by atoms with van der Waals surface area (Å²) in [6.45, 7) is 10.0. The number of hydrogen-bond donors (Lipinski definition) is 0. The number of nitrogens with zero attached hydrogens (tertiary/aromatic N) is 7. The smallest absolute Gasteiger partial charge is 0.227 e. The molecule has 7 nitrogen and oxygen atoms in total. The maximum absolute atomic E-state index is 4.89. The van der Waals surface area contributed by atoms with Crippen LogP contribution >= 0.6 is 0 Å². The molecule has 0 aromatic carbocycles. The number of piperazine rings is 2. The van der Waals surface area contributed by atoms with Gasteiger partial charge in [0.1, 0.15) is 11.6 Å². The van der Waals surface area contributed by atoms with Gasteiger partial charge in [-0.1, -0.05) is 6.07 Å². The SMILES string of the molecule is Cc1cc(N2CCN(C)CC2)nc(N2CCN(c3ccccn3)CC2)n1. The van der Waals surface area contributed by atoms with Gasteiger partial charge in [-0.25, -0.2) is 9.97 Å². The monoisotopic (exact) mass is 353 g/mol. The summed E-state index contributed by atoms with van der Waals surface area (Å²) in [6.07, 6.45) is 1.85. The fourth-order valence-corrected chi connectivity index (χ4v) is 3.55. The summed E-state index contributed by atoms with van der Waals surface area (Å²) < 4.78 is 0. The van der Waals surface area contributed by atoms with Gasteiger partial charge < -0.3 is 19.6 Å². The van der Waals surface area contributed by atoms with E-state index in [9.17, 15) is 0 Å². The van der Waals surface area contributed by atoms with Gasteiger partial charge in [0.25, 0.3) is 0 Å². The van der Waals surface area contributed by atoms with Crippen molar-refractivity contribution in [2.24, 2.45) is 0 Å². The van der Waals surface area contributed by atoms with Crippen molar-refractivity contribution < 1.29 is 0 Å². The van der Waals surface area contributed by atoms with E-state index in [-0.39, 0.29) is 0 Å². The molecule has 26 heavy (non-hydrogen) atoms. The van der Waals surface area contributed by atoms with Crippen molar-refractivity contribution in [3.63, 3.8) is 0 Å². The Morgan fingerprint density at radius 3 is 2.12 bits per heavy atom. The number of aryl methyl sites for hydroxylation is 1. The maximum atomic E-state index is 4.89. The number of anilines is 3. The Balaban J connectivity index is 1.45. The van der Waals surface area contributed by atoms with Crippen LogP contribution in [-0.4, -0.2) is 79.3 Å². The van der Waals surface area contributed by atoms with E-state index in [0.29, 0.717) is 0 Å². The molecule has 0 spiro atoms. The molecule has 0 atom stereocenters. The lowest BCUT2D eigenvalue weighted by molar-refractivity contribution is 0.312. The Bertz CT molecular complexity index is 720. The molecule has 2 aromatic heterocycles. The van der Waals surface area contributed by atoms with Gasteiger partial charge in [0.2, 0.25) is 5.95 Å². The van der Waals surface area contributed by atoms with Gasteiger partial charge in [-0.2, -0.15) is 4.98 Å². The highest BCUT2D eigenvalue weighted by atomic mass is 15.4. The van der Waals surface area contributed by atoms with Gasteiger partial charge in [0, 0.05) is 70.3 Å². The topological polar surface area (TPSA) is 51.6 Å². The van der Waals surface area contributed by atoms with Crippen LogP contribution in [0.3, 0.4) is 0 Å². The molecular weight excluding hydrogens is 326 g/mol. The van der Waals surface area contributed by atoms with Crippen LogP contribution in [0.25, 0.3) is 0 Å². The Morgan fingerprint density at radius 2 is 1.42 bits per heavy atom. The summed E-state index contributed by atoms with van der Waals surface area (Å²) in [4.78, 5) is 23.4. The van der Waals surface area contributed by atoms with Crippen molar-refractivity contribution in [3.05, 3.63) is 36.2 Å². The third-order valence-electron chi connectivity index (χ3n) is 5.19. The Morgan fingerprint density at radius 1 is 0.769 bits per heavy atom. The highest BCUT2D eigenvalue weighted by Gasteiger charge is 2.22. The predicted octanol–water partition coefficient (Wildman–Crippen LogP) is 1.26. The van der Waals surface area contributed by atoms with E-state index in [4.69, 9.17) is 9.97 Å². The second kappa shape index (κ2) is 7.45. The van der Waals surface area contributed by atoms with Gasteiger partial charge >= 0.3 is 0 Å². The van der Waals surface area contributed by atoms with Crippen molar-refractivity contribution in [2.75, 3.05) is 74.1 Å². The quantitative estimate of drug-likeness (QED) is 0.823. The third-order valence-corrected chi connectivity index (χ3v) is 5.19. The summed E-state index contributed by atoms with van der Waals surface area (Å²) in [5.41, 5.74) is 1.04. The molecule has 2 saturated heterocycles. The van der Waals surface area contributed by atoms with Crippen molar-refractivity contribution in [1.82, 2.24) is 19.9 Å². The first-order valence-electron chi connectivity index (χ1n) is 9.39. The molecule has 0 unspecified atom stereocenters. The molecule has 0 radical (unpaired) electrons. The number of rotatable bonds is 3. The van der Waals surface area contributed by atoms with Crippen LogP contribution in [0.4, 0.5) is 17.6 Å². The van der Waals surface area contributed by atoms with E-state index in [2.05, 4.69) is 50.7 Å². The Kier molecular flexibility index (Phi) is 4.88. The minimum absolute atomic E-state index is 0.861. The number of aromatic nitrogens is 3. The number of pyridine rings is 1. The first-order valence-corrected chi connectivity index (χ1v) is 9.39. The lowest BCUT2D eigenvalue weighted by Gasteiger charge is -2.36. The second-order valence-corrected chi connectivity index (χ2v) is 7.12. The van der Waals surface area contributed by atoms with E-state index in [1.165, 1.54) is 0 Å². The minimum Gasteiger partial charge on any atom is -0.354 e. The van der Waals surface area contributed by atoms with E-state index in [1.54, 1.807) is 0 Å². The Hall–Kier alpha value is -2.41. The maximum Gasteiger partial charge on any atom is 0.227 e. The Labute approximate surface area is 155 Å². The summed E-state index contributed by atoms with van der Waals surface area (Å²) in [5.74, 6) is 2.97. The molecule has 0 bridgehead atoms. The highest BCUT2D eigenvalue weighted by molar-refractivity contribution is 5.48. The number of hydrogen-bond acceptors (Lipinski definition) is 7. The van der Waals surface area contributed by atoms with Crippen LogP contribution < -0.4 is 14.7 Å². The molecule has 0 aliphatic carbocycles. The molecular formula is C19H27N7. The largest absolute Gasteiger partial charge is 0.354 e. The van der Waals surface area contributed by atoms with Gasteiger partial charge in [-0.05, 0) is 26.1 Å². The fourth-order valence-electron chi connectivity index (χ4n) is 3.55.